The first-order chi connectivity index (χ1) is 24.9. The second-order valence-corrected chi connectivity index (χ2v) is 14.7. The molecule has 9 rings (SSSR count). The largest absolute Gasteiger partial charge is 0.481 e. The number of carbonyl (C=O) groups excluding carboxylic acids is 5. The minimum absolute atomic E-state index is 0.0244. The van der Waals surface area contributed by atoms with Crippen molar-refractivity contribution in [3.05, 3.63) is 143 Å². The molecule has 1 saturated heterocycles. The number of benzene rings is 4. The Morgan fingerprint density at radius 2 is 1.17 bits per heavy atom. The number of hydrogen-bond donors (Lipinski definition) is 2. The van der Waals surface area contributed by atoms with Crippen LogP contribution < -0.4 is 5.32 Å². The smallest absolute Gasteiger partial charge is 0.317 e. The van der Waals surface area contributed by atoms with Gasteiger partial charge < -0.3 is 9.84 Å². The van der Waals surface area contributed by atoms with Gasteiger partial charge in [-0.1, -0.05) is 84.9 Å². The summed E-state index contributed by atoms with van der Waals surface area (Å²) in [6.07, 6.45) is 4.69. The van der Waals surface area contributed by atoms with Crippen molar-refractivity contribution in [3.8, 4) is 0 Å². The van der Waals surface area contributed by atoms with Gasteiger partial charge in [-0.15, -0.1) is 0 Å². The Hall–Kier alpha value is -5.75. The van der Waals surface area contributed by atoms with E-state index in [9.17, 15) is 38.1 Å². The highest BCUT2D eigenvalue weighted by Crippen LogP contribution is 2.59. The number of carboxylic acid groups (broad SMARTS) is 1. The highest BCUT2D eigenvalue weighted by molar-refractivity contribution is 7.83. The van der Waals surface area contributed by atoms with E-state index in [1.54, 1.807) is 85.3 Å². The second-order valence-electron chi connectivity index (χ2n) is 13.2. The van der Waals surface area contributed by atoms with Gasteiger partial charge in [-0.05, 0) is 54.2 Å². The van der Waals surface area contributed by atoms with Crippen LogP contribution in [0.15, 0.2) is 109 Å². The molecule has 3 heterocycles. The van der Waals surface area contributed by atoms with Gasteiger partial charge >= 0.3 is 11.9 Å². The number of imide groups is 2. The third-order valence-corrected chi connectivity index (χ3v) is 9.87. The van der Waals surface area contributed by atoms with Gasteiger partial charge in [0.05, 0.1) is 39.7 Å². The number of aliphatic carboxylic acids is 1. The first-order valence-electron chi connectivity index (χ1n) is 16.6. The van der Waals surface area contributed by atoms with Gasteiger partial charge in [0.15, 0.2) is 0 Å². The van der Waals surface area contributed by atoms with Crippen molar-refractivity contribution < 1.29 is 42.8 Å². The van der Waals surface area contributed by atoms with Crippen molar-refractivity contribution in [3.63, 3.8) is 0 Å². The highest BCUT2D eigenvalue weighted by Gasteiger charge is 2.66. The number of nitrogens with one attached hydrogen (secondary N) is 1. The predicted octanol–water partition coefficient (Wildman–Crippen LogP) is 4.39. The molecule has 0 aromatic heterocycles. The van der Waals surface area contributed by atoms with Gasteiger partial charge in [0, 0.05) is 35.8 Å². The van der Waals surface area contributed by atoms with E-state index < -0.39 is 22.2 Å². The number of hydrogen-bond acceptors (Lipinski definition) is 8. The fourth-order valence-corrected chi connectivity index (χ4v) is 7.06. The third-order valence-electron chi connectivity index (χ3n) is 9.87. The Balaban J connectivity index is 0.000000139. The summed E-state index contributed by atoms with van der Waals surface area (Å²) in [5, 5.41) is 11.9. The predicted molar refractivity (Wildman–Crippen MR) is 191 cm³/mol. The Kier molecular flexibility index (Phi) is 10.0. The Morgan fingerprint density at radius 3 is 1.60 bits per heavy atom. The van der Waals surface area contributed by atoms with Crippen LogP contribution in [0.3, 0.4) is 0 Å². The lowest BCUT2D eigenvalue weighted by Crippen LogP contribution is -2.34. The van der Waals surface area contributed by atoms with Crippen molar-refractivity contribution in [1.82, 2.24) is 10.2 Å². The van der Waals surface area contributed by atoms with Crippen molar-refractivity contribution in [2.75, 3.05) is 25.7 Å². The second kappa shape index (κ2) is 14.5. The molecule has 2 N–H and O–H groups in total. The zero-order chi connectivity index (χ0) is 37.2. The molecule has 12 heteroatoms. The maximum absolute atomic E-state index is 12.4. The summed E-state index contributed by atoms with van der Waals surface area (Å²) in [6.45, 7) is 0.751. The molecular weight excluding hydrogens is 685 g/mol. The SMILES string of the molecule is CS(C)=O.O=C1NC(=O)c2ccccc21.O=C1OCC2CC12c1ccccc1.O=C1c2ccccc2C(=O)N1CC1CC1(C(=O)O)c1ccccc1. The minimum Gasteiger partial charge on any atom is -0.481 e. The average Bonchev–Trinajstić information content (AvgIpc) is 4.00. The zero-order valence-corrected chi connectivity index (χ0v) is 29.3. The van der Waals surface area contributed by atoms with Crippen molar-refractivity contribution in [2.45, 2.75) is 23.7 Å². The van der Waals surface area contributed by atoms with E-state index in [4.69, 9.17) is 4.74 Å². The molecule has 0 spiro atoms. The monoisotopic (exact) mass is 720 g/mol. The molecule has 5 aliphatic rings. The summed E-state index contributed by atoms with van der Waals surface area (Å²) in [5.41, 5.74) is 2.32. The molecule has 0 bridgehead atoms. The van der Waals surface area contributed by atoms with Crippen LogP contribution in [0.4, 0.5) is 0 Å². The molecule has 3 aliphatic heterocycles. The highest BCUT2D eigenvalue weighted by atomic mass is 32.2. The lowest BCUT2D eigenvalue weighted by Gasteiger charge is -2.17. The summed E-state index contributed by atoms with van der Waals surface area (Å²) in [7, 11) is -0.611. The number of ether oxygens (including phenoxy) is 1. The summed E-state index contributed by atoms with van der Waals surface area (Å²) in [4.78, 5) is 71.3. The lowest BCUT2D eigenvalue weighted by molar-refractivity contribution is -0.142. The van der Waals surface area contributed by atoms with E-state index in [-0.39, 0.29) is 47.5 Å². The van der Waals surface area contributed by atoms with E-state index >= 15 is 0 Å². The summed E-state index contributed by atoms with van der Waals surface area (Å²) < 4.78 is 14.6. The molecule has 266 valence electrons. The fraction of sp³-hybridized carbons (Fsp3) is 0.250. The van der Waals surface area contributed by atoms with Crippen LogP contribution >= 0.6 is 0 Å². The fourth-order valence-electron chi connectivity index (χ4n) is 7.06. The number of carboxylic acids is 1. The molecule has 0 radical (unpaired) electrons. The van der Waals surface area contributed by atoms with Crippen molar-refractivity contribution >= 4 is 46.4 Å². The van der Waals surface area contributed by atoms with Crippen LogP contribution in [0.5, 0.6) is 0 Å². The average molecular weight is 721 g/mol. The normalized spacial score (nSPS) is 24.1. The Morgan fingerprint density at radius 1 is 0.731 bits per heavy atom. The first-order valence-corrected chi connectivity index (χ1v) is 18.5. The maximum atomic E-state index is 12.4. The maximum Gasteiger partial charge on any atom is 0.317 e. The number of cyclic esters (lactones) is 1. The van der Waals surface area contributed by atoms with E-state index in [1.165, 1.54) is 4.90 Å². The van der Waals surface area contributed by atoms with Crippen LogP contribution in [0.2, 0.25) is 0 Å². The molecule has 11 nitrogen and oxygen atoms in total. The van der Waals surface area contributed by atoms with Crippen LogP contribution in [-0.2, 0) is 36.0 Å². The van der Waals surface area contributed by atoms with E-state index in [0.29, 0.717) is 41.2 Å². The van der Waals surface area contributed by atoms with Gasteiger partial charge in [0.25, 0.3) is 23.6 Å². The summed E-state index contributed by atoms with van der Waals surface area (Å²) in [5.74, 6) is -2.03. The van der Waals surface area contributed by atoms with Crippen LogP contribution in [0.25, 0.3) is 0 Å². The third kappa shape index (κ3) is 6.69. The van der Waals surface area contributed by atoms with Crippen LogP contribution in [0, 0.1) is 11.8 Å². The zero-order valence-electron chi connectivity index (χ0n) is 28.4. The number of esters is 1. The molecule has 2 aliphatic carbocycles. The Labute approximate surface area is 302 Å². The van der Waals surface area contributed by atoms with Crippen LogP contribution in [-0.4, -0.2) is 75.4 Å². The number of rotatable bonds is 5. The van der Waals surface area contributed by atoms with Crippen molar-refractivity contribution in [1.29, 1.82) is 0 Å². The lowest BCUT2D eigenvalue weighted by atomic mass is 9.93. The van der Waals surface area contributed by atoms with Gasteiger partial charge in [0.2, 0.25) is 0 Å². The number of carbonyl (C=O) groups is 6. The molecule has 2 saturated carbocycles. The molecular formula is C40H36N2O9S. The molecule has 4 aromatic rings. The summed E-state index contributed by atoms with van der Waals surface area (Å²) >= 11 is 0. The van der Waals surface area contributed by atoms with Gasteiger partial charge in [-0.3, -0.25) is 43.2 Å². The molecule has 4 aromatic carbocycles. The Bertz CT molecular complexity index is 2030. The summed E-state index contributed by atoms with van der Waals surface area (Å²) in [6, 6.07) is 32.4. The molecule has 3 fully saturated rings. The topological polar surface area (TPSA) is 164 Å². The van der Waals surface area contributed by atoms with E-state index in [2.05, 4.69) is 5.32 Å². The van der Waals surface area contributed by atoms with Crippen molar-refractivity contribution in [2.24, 2.45) is 11.8 Å². The minimum atomic E-state index is -1.00. The molecule has 4 amide bonds. The van der Waals surface area contributed by atoms with Crippen LogP contribution in [0.1, 0.15) is 65.4 Å². The quantitative estimate of drug-likeness (QED) is 0.225. The molecule has 4 unspecified atom stereocenters. The van der Waals surface area contributed by atoms with E-state index in [0.717, 1.165) is 17.5 Å². The molecule has 4 atom stereocenters. The van der Waals surface area contributed by atoms with E-state index in [1.807, 2.05) is 36.4 Å². The number of fused-ring (bicyclic) bond motifs is 3. The van der Waals surface area contributed by atoms with Gasteiger partial charge in [-0.2, -0.15) is 0 Å². The molecule has 52 heavy (non-hydrogen) atoms. The first kappa shape index (κ1) is 36.1. The standard InChI is InChI=1S/C19H15NO4.C11H10O2.C8H5NO2.C2H6OS/c21-16-14-8-4-5-9-15(14)17(22)20(16)11-13-10-19(13,18(23)24)12-6-2-1-3-7-12;12-10-11(6-9(11)7-13-10)8-4-2-1-3-5-8;10-7-5-3-1-2-4-6(5)8(11)9-7;1-4(2)3/h1-9,13H,10-11H2,(H,23,24);1-5,9H,6-7H2;1-4H,(H,9,10,11);1-2H3. The van der Waals surface area contributed by atoms with Gasteiger partial charge in [0.1, 0.15) is 0 Å². The number of nitrogens with zero attached hydrogens (tertiary/aromatic N) is 1. The number of amides is 4. The van der Waals surface area contributed by atoms with Gasteiger partial charge in [-0.25, -0.2) is 0 Å².